The Bertz CT molecular complexity index is 1710. The van der Waals surface area contributed by atoms with Gasteiger partial charge in [0.1, 0.15) is 11.6 Å². The van der Waals surface area contributed by atoms with Crippen LogP contribution in [0.2, 0.25) is 5.02 Å². The molecule has 1 saturated heterocycles. The predicted molar refractivity (Wildman–Crippen MR) is 160 cm³/mol. The van der Waals surface area contributed by atoms with Crippen molar-refractivity contribution in [1.82, 2.24) is 19.4 Å². The Hall–Kier alpha value is -4.31. The van der Waals surface area contributed by atoms with Crippen LogP contribution in [0.5, 0.6) is 5.75 Å². The topological polar surface area (TPSA) is 80.6 Å². The molecule has 1 atom stereocenters. The fourth-order valence-corrected chi connectivity index (χ4v) is 5.66. The summed E-state index contributed by atoms with van der Waals surface area (Å²) < 4.78 is 32.7. The zero-order chi connectivity index (χ0) is 30.0. The average Bonchev–Trinajstić information content (AvgIpc) is 2.97. The molecule has 42 heavy (non-hydrogen) atoms. The first-order valence-corrected chi connectivity index (χ1v) is 14.0. The number of pyridine rings is 1. The summed E-state index contributed by atoms with van der Waals surface area (Å²) in [6, 6.07) is 15.3. The van der Waals surface area contributed by atoms with Crippen molar-refractivity contribution in [1.29, 1.82) is 0 Å². The van der Waals surface area contributed by atoms with E-state index in [1.165, 1.54) is 16.7 Å². The van der Waals surface area contributed by atoms with Crippen molar-refractivity contribution in [3.05, 3.63) is 88.3 Å². The van der Waals surface area contributed by atoms with Gasteiger partial charge < -0.3 is 14.5 Å². The number of hydrogen-bond donors (Lipinski definition) is 0. The van der Waals surface area contributed by atoms with Crippen LogP contribution in [0.15, 0.2) is 72.0 Å². The van der Waals surface area contributed by atoms with Crippen LogP contribution in [0, 0.1) is 0 Å². The molecule has 1 amide bonds. The Labute approximate surface area is 246 Å². The molecular weight excluding hydrogens is 564 g/mol. The summed E-state index contributed by atoms with van der Waals surface area (Å²) in [4.78, 5) is 39.2. The molecule has 2 aromatic carbocycles. The number of aryl methyl sites for hydroxylation is 1. The highest BCUT2D eigenvalue weighted by molar-refractivity contribution is 6.34. The molecule has 0 radical (unpaired) electrons. The molecular formula is C31H30ClF2N5O3. The number of carbonyl (C=O) groups excluding carboxylic acids is 1. The van der Waals surface area contributed by atoms with Crippen molar-refractivity contribution >= 4 is 34.4 Å². The van der Waals surface area contributed by atoms with E-state index in [1.54, 1.807) is 29.2 Å². The number of benzene rings is 2. The molecule has 218 valence electrons. The zero-order valence-corrected chi connectivity index (χ0v) is 24.0. The standard InChI is InChI=1S/C31H30ClF2N5O3/c1-4-10-20-11-6-8-13-24(20)39-29-22(17-23(32)27(35-29)21-12-7-9-14-25(21)42-30(33)34)28(36-31(39)41)38-16-15-37(18-19(38)3)26(40)5-2/h5-9,11-14,17,19,30H,2,4,10,15-16,18H2,1,3H3/t19-/m0/s1. The van der Waals surface area contributed by atoms with Gasteiger partial charge in [-0.1, -0.05) is 61.9 Å². The number of rotatable bonds is 8. The second-order valence-corrected chi connectivity index (χ2v) is 10.4. The largest absolute Gasteiger partial charge is 0.434 e. The third kappa shape index (κ3) is 5.59. The molecule has 0 bridgehead atoms. The van der Waals surface area contributed by atoms with Crippen LogP contribution in [0.25, 0.3) is 28.0 Å². The van der Waals surface area contributed by atoms with Crippen LogP contribution in [0.3, 0.4) is 0 Å². The third-order valence-electron chi connectivity index (χ3n) is 7.30. The van der Waals surface area contributed by atoms with Crippen molar-refractivity contribution in [2.24, 2.45) is 0 Å². The number of piperazine rings is 1. The Balaban J connectivity index is 1.77. The number of amides is 1. The van der Waals surface area contributed by atoms with Crippen LogP contribution >= 0.6 is 11.6 Å². The first kappa shape index (κ1) is 29.2. The highest BCUT2D eigenvalue weighted by atomic mass is 35.5. The van der Waals surface area contributed by atoms with E-state index < -0.39 is 12.3 Å². The van der Waals surface area contributed by atoms with E-state index in [1.807, 2.05) is 43.0 Å². The van der Waals surface area contributed by atoms with Gasteiger partial charge in [-0.3, -0.25) is 4.79 Å². The lowest BCUT2D eigenvalue weighted by Gasteiger charge is -2.40. The van der Waals surface area contributed by atoms with Crippen LogP contribution in [0.4, 0.5) is 14.6 Å². The Morgan fingerprint density at radius 1 is 1.17 bits per heavy atom. The number of alkyl halides is 2. The number of ether oxygens (including phenoxy) is 1. The van der Waals surface area contributed by atoms with Gasteiger partial charge in [0, 0.05) is 31.2 Å². The van der Waals surface area contributed by atoms with Gasteiger partial charge in [0.15, 0.2) is 5.65 Å². The van der Waals surface area contributed by atoms with Gasteiger partial charge in [-0.15, -0.1) is 0 Å². The molecule has 8 nitrogen and oxygen atoms in total. The minimum absolute atomic E-state index is 0.0903. The van der Waals surface area contributed by atoms with Gasteiger partial charge in [-0.2, -0.15) is 13.8 Å². The second kappa shape index (κ2) is 12.3. The zero-order valence-electron chi connectivity index (χ0n) is 23.3. The molecule has 2 aromatic heterocycles. The van der Waals surface area contributed by atoms with Crippen molar-refractivity contribution < 1.29 is 18.3 Å². The summed E-state index contributed by atoms with van der Waals surface area (Å²) in [6.07, 6.45) is 2.85. The summed E-state index contributed by atoms with van der Waals surface area (Å²) in [7, 11) is 0. The fraction of sp³-hybridized carbons (Fsp3) is 0.290. The summed E-state index contributed by atoms with van der Waals surface area (Å²) in [6.45, 7) is 5.77. The number of aromatic nitrogens is 3. The molecule has 1 fully saturated rings. The summed E-state index contributed by atoms with van der Waals surface area (Å²) in [5.74, 6) is 0.129. The Morgan fingerprint density at radius 3 is 2.62 bits per heavy atom. The molecule has 0 N–H and O–H groups in total. The summed E-state index contributed by atoms with van der Waals surface area (Å²) in [5, 5.41) is 0.688. The van der Waals surface area contributed by atoms with Crippen molar-refractivity contribution in [2.45, 2.75) is 39.3 Å². The average molecular weight is 594 g/mol. The number of halogens is 3. The summed E-state index contributed by atoms with van der Waals surface area (Å²) >= 11 is 6.79. The van der Waals surface area contributed by atoms with E-state index in [0.29, 0.717) is 42.9 Å². The lowest BCUT2D eigenvalue weighted by Crippen LogP contribution is -2.54. The normalized spacial score (nSPS) is 15.3. The molecule has 3 heterocycles. The molecule has 0 aliphatic carbocycles. The van der Waals surface area contributed by atoms with Gasteiger partial charge in [-0.05, 0) is 49.2 Å². The Morgan fingerprint density at radius 2 is 1.90 bits per heavy atom. The molecule has 4 aromatic rings. The molecule has 5 rings (SSSR count). The first-order valence-electron chi connectivity index (χ1n) is 13.7. The number of nitrogens with zero attached hydrogens (tertiary/aromatic N) is 5. The van der Waals surface area contributed by atoms with Crippen LogP contribution in [-0.4, -0.2) is 57.6 Å². The summed E-state index contributed by atoms with van der Waals surface area (Å²) in [5.41, 5.74) is 1.73. The Kier molecular flexibility index (Phi) is 8.54. The first-order chi connectivity index (χ1) is 20.2. The van der Waals surface area contributed by atoms with E-state index in [2.05, 4.69) is 11.6 Å². The molecule has 0 unspecified atom stereocenters. The third-order valence-corrected chi connectivity index (χ3v) is 7.59. The molecule has 0 saturated carbocycles. The van der Waals surface area contributed by atoms with Crippen LogP contribution < -0.4 is 15.3 Å². The van der Waals surface area contributed by atoms with Crippen molar-refractivity contribution in [3.8, 4) is 22.7 Å². The molecule has 0 spiro atoms. The quantitative estimate of drug-likeness (QED) is 0.238. The fourth-order valence-electron chi connectivity index (χ4n) is 5.40. The van der Waals surface area contributed by atoms with Gasteiger partial charge in [0.25, 0.3) is 0 Å². The minimum Gasteiger partial charge on any atom is -0.434 e. The number of anilines is 1. The number of para-hydroxylation sites is 2. The SMILES string of the molecule is C=CC(=O)N1CCN(c2nc(=O)n(-c3ccccc3CCC)c3nc(-c4ccccc4OC(F)F)c(Cl)cc23)[C@@H](C)C1. The van der Waals surface area contributed by atoms with E-state index in [-0.39, 0.29) is 39.6 Å². The van der Waals surface area contributed by atoms with Crippen LogP contribution in [0.1, 0.15) is 25.8 Å². The lowest BCUT2D eigenvalue weighted by atomic mass is 10.1. The van der Waals surface area contributed by atoms with E-state index in [0.717, 1.165) is 12.0 Å². The second-order valence-electron chi connectivity index (χ2n) is 10.0. The number of carbonyl (C=O) groups is 1. The van der Waals surface area contributed by atoms with Crippen molar-refractivity contribution in [3.63, 3.8) is 0 Å². The van der Waals surface area contributed by atoms with E-state index >= 15 is 0 Å². The predicted octanol–water partition coefficient (Wildman–Crippen LogP) is 5.88. The highest BCUT2D eigenvalue weighted by Crippen LogP contribution is 2.38. The van der Waals surface area contributed by atoms with Gasteiger partial charge in [0.05, 0.1) is 21.8 Å². The maximum absolute atomic E-state index is 13.9. The van der Waals surface area contributed by atoms with Crippen LogP contribution in [-0.2, 0) is 11.2 Å². The van der Waals surface area contributed by atoms with Gasteiger partial charge >= 0.3 is 12.3 Å². The van der Waals surface area contributed by atoms with E-state index in [4.69, 9.17) is 21.3 Å². The molecule has 1 aliphatic heterocycles. The maximum atomic E-state index is 13.9. The van der Waals surface area contributed by atoms with Gasteiger partial charge in [-0.25, -0.2) is 14.3 Å². The number of fused-ring (bicyclic) bond motifs is 1. The highest BCUT2D eigenvalue weighted by Gasteiger charge is 2.30. The molecule has 11 heteroatoms. The lowest BCUT2D eigenvalue weighted by molar-refractivity contribution is -0.126. The maximum Gasteiger partial charge on any atom is 0.387 e. The smallest absolute Gasteiger partial charge is 0.387 e. The minimum atomic E-state index is -3.05. The monoisotopic (exact) mass is 593 g/mol. The van der Waals surface area contributed by atoms with E-state index in [9.17, 15) is 18.4 Å². The van der Waals surface area contributed by atoms with Gasteiger partial charge in [0.2, 0.25) is 5.91 Å². The van der Waals surface area contributed by atoms with Crippen molar-refractivity contribution in [2.75, 3.05) is 24.5 Å². The number of hydrogen-bond acceptors (Lipinski definition) is 6. The molecule has 1 aliphatic rings.